The lowest BCUT2D eigenvalue weighted by molar-refractivity contribution is -0.134. The standard InChI is InChI=1S/C23H27N5O2S/c1-15(2)19(26-21(29)17-7-5-4-6-16(17)3)23(30)28-11-9-27(10-12-28)20-18-8-13-31-22(18)25-14-24-20/h4-8,13-15,19H,9-12H2,1-3H3,(H,26,29). The van der Waals surface area contributed by atoms with Crippen molar-refractivity contribution in [2.75, 3.05) is 31.1 Å². The average Bonchev–Trinajstić information content (AvgIpc) is 3.26. The van der Waals surface area contributed by atoms with Gasteiger partial charge >= 0.3 is 0 Å². The Bertz CT molecular complexity index is 1090. The van der Waals surface area contributed by atoms with Crippen LogP contribution < -0.4 is 10.2 Å². The topological polar surface area (TPSA) is 78.4 Å². The number of carbonyl (C=O) groups is 2. The molecule has 1 fully saturated rings. The van der Waals surface area contributed by atoms with Crippen molar-refractivity contribution in [3.05, 3.63) is 53.2 Å². The van der Waals surface area contributed by atoms with Crippen molar-refractivity contribution in [2.24, 2.45) is 5.92 Å². The molecule has 31 heavy (non-hydrogen) atoms. The molecule has 1 N–H and O–H groups in total. The van der Waals surface area contributed by atoms with Gasteiger partial charge in [-0.2, -0.15) is 0 Å². The number of aromatic nitrogens is 2. The zero-order chi connectivity index (χ0) is 22.0. The minimum atomic E-state index is -0.554. The maximum atomic E-state index is 13.3. The third kappa shape index (κ3) is 4.39. The van der Waals surface area contributed by atoms with E-state index < -0.39 is 6.04 Å². The largest absolute Gasteiger partial charge is 0.352 e. The number of nitrogens with one attached hydrogen (secondary N) is 1. The van der Waals surface area contributed by atoms with Crippen molar-refractivity contribution in [1.82, 2.24) is 20.2 Å². The molecule has 0 saturated carbocycles. The Hall–Kier alpha value is -3.00. The first kappa shape index (κ1) is 21.2. The van der Waals surface area contributed by atoms with Gasteiger partial charge in [-0.25, -0.2) is 9.97 Å². The van der Waals surface area contributed by atoms with E-state index in [1.807, 2.05) is 55.3 Å². The molecule has 1 saturated heterocycles. The molecule has 0 aliphatic carbocycles. The second kappa shape index (κ2) is 9.01. The summed E-state index contributed by atoms with van der Waals surface area (Å²) in [7, 11) is 0. The molecule has 0 bridgehead atoms. The number of nitrogens with zero attached hydrogens (tertiary/aromatic N) is 4. The maximum Gasteiger partial charge on any atom is 0.252 e. The van der Waals surface area contributed by atoms with Crippen molar-refractivity contribution in [2.45, 2.75) is 26.8 Å². The maximum absolute atomic E-state index is 13.3. The van der Waals surface area contributed by atoms with Crippen LogP contribution in [0, 0.1) is 12.8 Å². The van der Waals surface area contributed by atoms with E-state index in [-0.39, 0.29) is 17.7 Å². The number of anilines is 1. The minimum absolute atomic E-state index is 0.00852. The van der Waals surface area contributed by atoms with Crippen LogP contribution in [0.2, 0.25) is 0 Å². The van der Waals surface area contributed by atoms with Gasteiger partial charge < -0.3 is 15.1 Å². The molecule has 1 aliphatic heterocycles. The van der Waals surface area contributed by atoms with Gasteiger partial charge in [-0.05, 0) is 35.9 Å². The number of thiophene rings is 1. The van der Waals surface area contributed by atoms with Gasteiger partial charge in [0.05, 0.1) is 5.39 Å². The lowest BCUT2D eigenvalue weighted by Gasteiger charge is -2.38. The van der Waals surface area contributed by atoms with Crippen molar-refractivity contribution in [1.29, 1.82) is 0 Å². The monoisotopic (exact) mass is 437 g/mol. The molecular weight excluding hydrogens is 410 g/mol. The fourth-order valence-corrected chi connectivity index (χ4v) is 4.65. The summed E-state index contributed by atoms with van der Waals surface area (Å²) in [6, 6.07) is 8.92. The number of rotatable bonds is 5. The van der Waals surface area contributed by atoms with Gasteiger partial charge in [0.15, 0.2) is 0 Å². The van der Waals surface area contributed by atoms with E-state index in [1.165, 1.54) is 0 Å². The van der Waals surface area contributed by atoms with Crippen molar-refractivity contribution >= 4 is 39.2 Å². The number of fused-ring (bicyclic) bond motifs is 1. The number of hydrogen-bond donors (Lipinski definition) is 1. The molecule has 2 aromatic heterocycles. The lowest BCUT2D eigenvalue weighted by atomic mass is 10.0. The summed E-state index contributed by atoms with van der Waals surface area (Å²) < 4.78 is 0. The van der Waals surface area contributed by atoms with Crippen LogP contribution >= 0.6 is 11.3 Å². The number of piperazine rings is 1. The lowest BCUT2D eigenvalue weighted by Crippen LogP contribution is -2.56. The Morgan fingerprint density at radius 2 is 1.81 bits per heavy atom. The van der Waals surface area contributed by atoms with Crippen LogP contribution in [-0.2, 0) is 4.79 Å². The van der Waals surface area contributed by atoms with E-state index in [1.54, 1.807) is 23.7 Å². The Labute approximate surface area is 186 Å². The van der Waals surface area contributed by atoms with E-state index in [0.29, 0.717) is 31.7 Å². The van der Waals surface area contributed by atoms with Crippen LogP contribution in [0.5, 0.6) is 0 Å². The summed E-state index contributed by atoms with van der Waals surface area (Å²) in [4.78, 5) is 39.9. The summed E-state index contributed by atoms with van der Waals surface area (Å²) >= 11 is 1.60. The van der Waals surface area contributed by atoms with Gasteiger partial charge in [0, 0.05) is 31.7 Å². The Kier molecular flexibility index (Phi) is 6.18. The third-order valence-corrected chi connectivity index (χ3v) is 6.56. The molecule has 0 spiro atoms. The fraction of sp³-hybridized carbons (Fsp3) is 0.391. The first-order chi connectivity index (χ1) is 15.0. The van der Waals surface area contributed by atoms with Crippen molar-refractivity contribution < 1.29 is 9.59 Å². The molecule has 1 unspecified atom stereocenters. The van der Waals surface area contributed by atoms with Crippen LogP contribution in [0.15, 0.2) is 42.0 Å². The summed E-state index contributed by atoms with van der Waals surface area (Å²) in [5, 5.41) is 6.05. The van der Waals surface area contributed by atoms with Crippen LogP contribution in [0.1, 0.15) is 29.8 Å². The molecule has 1 aromatic carbocycles. The molecular formula is C23H27N5O2S. The van der Waals surface area contributed by atoms with Gasteiger partial charge in [0.1, 0.15) is 23.0 Å². The van der Waals surface area contributed by atoms with Crippen molar-refractivity contribution in [3.63, 3.8) is 0 Å². The van der Waals surface area contributed by atoms with Gasteiger partial charge in [-0.3, -0.25) is 9.59 Å². The molecule has 2 amide bonds. The number of aryl methyl sites for hydroxylation is 1. The van der Waals surface area contributed by atoms with E-state index in [2.05, 4.69) is 20.2 Å². The molecule has 7 nitrogen and oxygen atoms in total. The molecule has 4 rings (SSSR count). The average molecular weight is 438 g/mol. The van der Waals surface area contributed by atoms with Gasteiger partial charge in [0.2, 0.25) is 5.91 Å². The minimum Gasteiger partial charge on any atom is -0.352 e. The highest BCUT2D eigenvalue weighted by Gasteiger charge is 2.31. The third-order valence-electron chi connectivity index (χ3n) is 5.74. The second-order valence-corrected chi connectivity index (χ2v) is 9.05. The Morgan fingerprint density at radius 1 is 1.06 bits per heavy atom. The first-order valence-corrected chi connectivity index (χ1v) is 11.4. The molecule has 3 aromatic rings. The highest BCUT2D eigenvalue weighted by molar-refractivity contribution is 7.16. The number of benzene rings is 1. The zero-order valence-electron chi connectivity index (χ0n) is 18.0. The Morgan fingerprint density at radius 3 is 2.52 bits per heavy atom. The van der Waals surface area contributed by atoms with Gasteiger partial charge in [-0.1, -0.05) is 32.0 Å². The molecule has 162 valence electrons. The second-order valence-electron chi connectivity index (χ2n) is 8.16. The molecule has 3 heterocycles. The summed E-state index contributed by atoms with van der Waals surface area (Å²) in [5.74, 6) is 0.682. The van der Waals surface area contributed by atoms with Crippen LogP contribution in [0.25, 0.3) is 10.2 Å². The SMILES string of the molecule is Cc1ccccc1C(=O)NC(C(=O)N1CCN(c2ncnc3sccc23)CC1)C(C)C. The van der Waals surface area contributed by atoms with Crippen LogP contribution in [0.4, 0.5) is 5.82 Å². The summed E-state index contributed by atoms with van der Waals surface area (Å²) in [5.41, 5.74) is 1.50. The highest BCUT2D eigenvalue weighted by Crippen LogP contribution is 2.27. The van der Waals surface area contributed by atoms with Crippen LogP contribution in [0.3, 0.4) is 0 Å². The van der Waals surface area contributed by atoms with Gasteiger partial charge in [0.25, 0.3) is 5.91 Å². The van der Waals surface area contributed by atoms with E-state index >= 15 is 0 Å². The van der Waals surface area contributed by atoms with E-state index in [9.17, 15) is 9.59 Å². The van der Waals surface area contributed by atoms with Crippen LogP contribution in [-0.4, -0.2) is 58.9 Å². The van der Waals surface area contributed by atoms with E-state index in [4.69, 9.17) is 0 Å². The molecule has 0 radical (unpaired) electrons. The first-order valence-electron chi connectivity index (χ1n) is 10.5. The predicted molar refractivity (Wildman–Crippen MR) is 123 cm³/mol. The molecule has 8 heteroatoms. The van der Waals surface area contributed by atoms with E-state index in [0.717, 1.165) is 21.6 Å². The normalized spacial score (nSPS) is 15.4. The molecule has 1 atom stereocenters. The zero-order valence-corrected chi connectivity index (χ0v) is 18.9. The van der Waals surface area contributed by atoms with Crippen molar-refractivity contribution in [3.8, 4) is 0 Å². The van der Waals surface area contributed by atoms with Gasteiger partial charge in [-0.15, -0.1) is 11.3 Å². The smallest absolute Gasteiger partial charge is 0.252 e. The fourth-order valence-electron chi connectivity index (χ4n) is 3.92. The quantitative estimate of drug-likeness (QED) is 0.664. The number of hydrogen-bond acceptors (Lipinski definition) is 6. The highest BCUT2D eigenvalue weighted by atomic mass is 32.1. The number of amides is 2. The summed E-state index contributed by atoms with van der Waals surface area (Å²) in [6.45, 7) is 8.42. The predicted octanol–water partition coefficient (Wildman–Crippen LogP) is 3.10. The molecule has 1 aliphatic rings. The Balaban J connectivity index is 1.43. The summed E-state index contributed by atoms with van der Waals surface area (Å²) in [6.07, 6.45) is 1.60. The number of carbonyl (C=O) groups excluding carboxylic acids is 2.